The highest BCUT2D eigenvalue weighted by molar-refractivity contribution is 6.02. The quantitative estimate of drug-likeness (QED) is 0.301. The second-order valence-corrected chi connectivity index (χ2v) is 3.19. The van der Waals surface area contributed by atoms with Crippen molar-refractivity contribution in [1.29, 1.82) is 0 Å². The van der Waals surface area contributed by atoms with Gasteiger partial charge in [0.1, 0.15) is 11.6 Å². The molecule has 0 spiro atoms. The molecule has 0 unspecified atom stereocenters. The molecular weight excluding hydrogens is 178 g/mol. The maximum atomic E-state index is 9.72. The molecule has 3 N–H and O–H groups in total. The van der Waals surface area contributed by atoms with Crippen molar-refractivity contribution in [3.05, 3.63) is 23.8 Å². The third-order valence-corrected chi connectivity index (χ3v) is 1.94. The number of anilines is 1. The first-order valence-corrected chi connectivity index (χ1v) is 4.30. The van der Waals surface area contributed by atoms with Crippen molar-refractivity contribution in [3.8, 4) is 5.75 Å². The molecule has 76 valence electrons. The number of nitrogens with zero attached hydrogens (tertiary/aromatic N) is 2. The number of rotatable bonds is 1. The van der Waals surface area contributed by atoms with Gasteiger partial charge in [0.2, 0.25) is 0 Å². The van der Waals surface area contributed by atoms with Gasteiger partial charge >= 0.3 is 0 Å². The fourth-order valence-corrected chi connectivity index (χ4v) is 1.30. The van der Waals surface area contributed by atoms with E-state index in [4.69, 9.17) is 5.73 Å². The van der Waals surface area contributed by atoms with E-state index in [9.17, 15) is 5.11 Å². The van der Waals surface area contributed by atoms with Crippen LogP contribution < -0.4 is 5.73 Å². The Kier molecular flexibility index (Phi) is 2.96. The molecule has 1 rings (SSSR count). The molecule has 1 aromatic carbocycles. The zero-order valence-electron chi connectivity index (χ0n) is 8.65. The first kappa shape index (κ1) is 10.4. The molecule has 0 aromatic heterocycles. The molecule has 4 nitrogen and oxygen atoms in total. The van der Waals surface area contributed by atoms with E-state index in [0.717, 1.165) is 0 Å². The molecule has 0 aliphatic rings. The highest BCUT2D eigenvalue weighted by atomic mass is 16.3. The van der Waals surface area contributed by atoms with Gasteiger partial charge in [0.05, 0.1) is 11.3 Å². The lowest BCUT2D eigenvalue weighted by atomic mass is 10.1. The van der Waals surface area contributed by atoms with Crippen molar-refractivity contribution in [3.63, 3.8) is 0 Å². The van der Waals surface area contributed by atoms with Crippen molar-refractivity contribution in [2.75, 3.05) is 26.9 Å². The van der Waals surface area contributed by atoms with E-state index in [1.807, 2.05) is 19.0 Å². The fraction of sp³-hybridized carbons (Fsp3) is 0.300. The van der Waals surface area contributed by atoms with Gasteiger partial charge in [-0.2, -0.15) is 0 Å². The van der Waals surface area contributed by atoms with Crippen LogP contribution in [0.4, 0.5) is 5.69 Å². The molecule has 0 aliphatic carbocycles. The summed E-state index contributed by atoms with van der Waals surface area (Å²) in [5.74, 6) is 0.789. The number of hydrogen-bond acceptors (Lipinski definition) is 3. The largest absolute Gasteiger partial charge is 0.505 e. The second-order valence-electron chi connectivity index (χ2n) is 3.19. The molecule has 0 heterocycles. The Balaban J connectivity index is 3.25. The van der Waals surface area contributed by atoms with Crippen LogP contribution in [0.15, 0.2) is 23.2 Å². The van der Waals surface area contributed by atoms with Gasteiger partial charge in [0.15, 0.2) is 0 Å². The van der Waals surface area contributed by atoms with Crippen LogP contribution in [0.25, 0.3) is 0 Å². The van der Waals surface area contributed by atoms with E-state index in [1.165, 1.54) is 0 Å². The topological polar surface area (TPSA) is 61.9 Å². The third kappa shape index (κ3) is 1.79. The molecule has 0 saturated heterocycles. The summed E-state index contributed by atoms with van der Waals surface area (Å²) >= 11 is 0. The summed E-state index contributed by atoms with van der Waals surface area (Å²) < 4.78 is 0. The third-order valence-electron chi connectivity index (χ3n) is 1.94. The van der Waals surface area contributed by atoms with Gasteiger partial charge in [0.25, 0.3) is 0 Å². The van der Waals surface area contributed by atoms with Crippen molar-refractivity contribution < 1.29 is 5.11 Å². The van der Waals surface area contributed by atoms with Gasteiger partial charge in [-0.05, 0) is 12.1 Å². The minimum absolute atomic E-state index is 0.0850. The number of aliphatic imine (C=N–C) groups is 1. The van der Waals surface area contributed by atoms with Crippen LogP contribution in [-0.2, 0) is 0 Å². The standard InChI is InChI=1S/C10H15N3O/c1-12-10(13(2)3)7-5-4-6-8(11)9(7)14/h4-6,14H,11H2,1-3H3. The highest BCUT2D eigenvalue weighted by Crippen LogP contribution is 2.25. The van der Waals surface area contributed by atoms with Crippen LogP contribution >= 0.6 is 0 Å². The lowest BCUT2D eigenvalue weighted by Crippen LogP contribution is -2.23. The lowest BCUT2D eigenvalue weighted by molar-refractivity contribution is 0.474. The van der Waals surface area contributed by atoms with E-state index >= 15 is 0 Å². The highest BCUT2D eigenvalue weighted by Gasteiger charge is 2.11. The molecule has 1 aromatic rings. The van der Waals surface area contributed by atoms with Crippen LogP contribution in [0.3, 0.4) is 0 Å². The van der Waals surface area contributed by atoms with Gasteiger partial charge in [-0.1, -0.05) is 6.07 Å². The van der Waals surface area contributed by atoms with E-state index < -0.39 is 0 Å². The van der Waals surface area contributed by atoms with Crippen molar-refractivity contribution in [2.24, 2.45) is 4.99 Å². The van der Waals surface area contributed by atoms with Gasteiger partial charge in [-0.25, -0.2) is 0 Å². The molecule has 4 heteroatoms. The van der Waals surface area contributed by atoms with Crippen LogP contribution in [0.5, 0.6) is 5.75 Å². The minimum Gasteiger partial charge on any atom is -0.505 e. The number of hydrogen-bond donors (Lipinski definition) is 2. The molecule has 0 aliphatic heterocycles. The molecule has 0 amide bonds. The average molecular weight is 193 g/mol. The Labute approximate surface area is 83.7 Å². The Morgan fingerprint density at radius 2 is 2.07 bits per heavy atom. The van der Waals surface area contributed by atoms with Crippen LogP contribution in [0.1, 0.15) is 5.56 Å². The van der Waals surface area contributed by atoms with Gasteiger partial charge in [-0.15, -0.1) is 0 Å². The summed E-state index contributed by atoms with van der Waals surface area (Å²) in [5, 5.41) is 9.72. The monoisotopic (exact) mass is 193 g/mol. The number of nitrogens with two attached hydrogens (primary N) is 1. The Bertz CT molecular complexity index is 358. The maximum absolute atomic E-state index is 9.72. The predicted molar refractivity (Wildman–Crippen MR) is 58.7 cm³/mol. The summed E-state index contributed by atoms with van der Waals surface area (Å²) in [5.41, 5.74) is 6.61. The SMILES string of the molecule is CN=C(c1cccc(N)c1O)N(C)C. The summed E-state index contributed by atoms with van der Waals surface area (Å²) in [6, 6.07) is 5.23. The predicted octanol–water partition coefficient (Wildman–Crippen LogP) is 0.912. The Morgan fingerprint density at radius 1 is 1.43 bits per heavy atom. The van der Waals surface area contributed by atoms with Gasteiger partial charge in [0, 0.05) is 21.1 Å². The molecular formula is C10H15N3O. The molecule has 0 bridgehead atoms. The van der Waals surface area contributed by atoms with Crippen molar-refractivity contribution in [2.45, 2.75) is 0 Å². The number of benzene rings is 1. The van der Waals surface area contributed by atoms with Crippen LogP contribution in [0.2, 0.25) is 0 Å². The van der Waals surface area contributed by atoms with Crippen molar-refractivity contribution >= 4 is 11.5 Å². The molecule has 14 heavy (non-hydrogen) atoms. The summed E-state index contributed by atoms with van der Waals surface area (Å²) in [4.78, 5) is 5.91. The van der Waals surface area contributed by atoms with E-state index in [-0.39, 0.29) is 5.75 Å². The molecule has 0 fully saturated rings. The number of aromatic hydroxyl groups is 1. The lowest BCUT2D eigenvalue weighted by Gasteiger charge is -2.16. The van der Waals surface area contributed by atoms with E-state index in [1.54, 1.807) is 25.2 Å². The number of amidine groups is 1. The second kappa shape index (κ2) is 4.00. The zero-order chi connectivity index (χ0) is 10.7. The first-order chi connectivity index (χ1) is 6.57. The number of nitrogen functional groups attached to an aromatic ring is 1. The summed E-state index contributed by atoms with van der Waals surface area (Å²) in [7, 11) is 5.41. The van der Waals surface area contributed by atoms with Crippen molar-refractivity contribution in [1.82, 2.24) is 4.90 Å². The smallest absolute Gasteiger partial charge is 0.149 e. The number of phenolic OH excluding ortho intramolecular Hbond substituents is 1. The first-order valence-electron chi connectivity index (χ1n) is 4.30. The normalized spacial score (nSPS) is 11.5. The Hall–Kier alpha value is -1.71. The number of para-hydroxylation sites is 1. The average Bonchev–Trinajstić information content (AvgIpc) is 2.13. The molecule has 0 saturated carbocycles. The maximum Gasteiger partial charge on any atom is 0.149 e. The molecule has 0 atom stereocenters. The van der Waals surface area contributed by atoms with E-state index in [0.29, 0.717) is 17.1 Å². The fourth-order valence-electron chi connectivity index (χ4n) is 1.30. The van der Waals surface area contributed by atoms with Gasteiger partial charge < -0.3 is 15.7 Å². The number of phenols is 1. The minimum atomic E-state index is 0.0850. The molecule has 0 radical (unpaired) electrons. The zero-order valence-corrected chi connectivity index (χ0v) is 8.65. The van der Waals surface area contributed by atoms with Crippen LogP contribution in [0, 0.1) is 0 Å². The Morgan fingerprint density at radius 3 is 2.57 bits per heavy atom. The van der Waals surface area contributed by atoms with Crippen LogP contribution in [-0.4, -0.2) is 37.0 Å². The van der Waals surface area contributed by atoms with E-state index in [2.05, 4.69) is 4.99 Å². The van der Waals surface area contributed by atoms with Gasteiger partial charge in [-0.3, -0.25) is 4.99 Å². The summed E-state index contributed by atoms with van der Waals surface area (Å²) in [6.07, 6.45) is 0. The summed E-state index contributed by atoms with van der Waals surface area (Å²) in [6.45, 7) is 0.